The van der Waals surface area contributed by atoms with E-state index in [0.717, 1.165) is 78.0 Å². The molecule has 0 aliphatic heterocycles. The Labute approximate surface area is 311 Å². The van der Waals surface area contributed by atoms with Crippen molar-refractivity contribution in [2.45, 2.75) is 0 Å². The minimum Gasteiger partial charge on any atom is -0.456 e. The Hall–Kier alpha value is -7.44. The highest BCUT2D eigenvalue weighted by atomic mass is 16.3. The largest absolute Gasteiger partial charge is 0.456 e. The molecule has 0 radical (unpaired) electrons. The van der Waals surface area contributed by atoms with Crippen LogP contribution in [0.5, 0.6) is 0 Å². The lowest BCUT2D eigenvalue weighted by molar-refractivity contribution is 0.627. The number of pyridine rings is 1. The summed E-state index contributed by atoms with van der Waals surface area (Å²) in [5, 5.41) is 2.07. The van der Waals surface area contributed by atoms with Crippen LogP contribution in [0.1, 0.15) is 0 Å². The molecular weight excluding hydrogens is 665 g/mol. The molecule has 6 aromatic carbocycles. The Bertz CT molecular complexity index is 2730. The Morgan fingerprint density at radius 2 is 0.722 bits per heavy atom. The molecule has 0 spiro atoms. The number of aromatic nitrogens is 4. The molecule has 0 unspecified atom stereocenters. The first-order valence-electron chi connectivity index (χ1n) is 17.8. The van der Waals surface area contributed by atoms with Gasteiger partial charge < -0.3 is 8.83 Å². The topological polar surface area (TPSA) is 77.8 Å². The van der Waals surface area contributed by atoms with Gasteiger partial charge in [-0.2, -0.15) is 0 Å². The molecular formula is C48H30N4O2. The van der Waals surface area contributed by atoms with Crippen molar-refractivity contribution in [3.8, 4) is 79.3 Å². The minimum atomic E-state index is 0.608. The molecule has 10 rings (SSSR count). The number of hydrogen-bond donors (Lipinski definition) is 0. The molecule has 0 aliphatic rings. The van der Waals surface area contributed by atoms with Crippen LogP contribution in [-0.4, -0.2) is 19.9 Å². The summed E-state index contributed by atoms with van der Waals surface area (Å²) in [6, 6.07) is 61.1. The van der Waals surface area contributed by atoms with Gasteiger partial charge in [-0.05, 0) is 59.7 Å². The Balaban J connectivity index is 1.07. The summed E-state index contributed by atoms with van der Waals surface area (Å²) in [5.74, 6) is 3.32. The van der Waals surface area contributed by atoms with E-state index in [0.29, 0.717) is 23.2 Å². The molecule has 0 N–H and O–H groups in total. The van der Waals surface area contributed by atoms with Gasteiger partial charge >= 0.3 is 0 Å². The third kappa shape index (κ3) is 6.02. The number of benzene rings is 6. The van der Waals surface area contributed by atoms with Crippen molar-refractivity contribution >= 4 is 21.9 Å². The van der Waals surface area contributed by atoms with Crippen molar-refractivity contribution in [3.05, 3.63) is 182 Å². The maximum absolute atomic E-state index is 6.34. The predicted molar refractivity (Wildman–Crippen MR) is 215 cm³/mol. The first kappa shape index (κ1) is 31.3. The van der Waals surface area contributed by atoms with Gasteiger partial charge in [-0.25, -0.2) is 19.9 Å². The summed E-state index contributed by atoms with van der Waals surface area (Å²) in [6.07, 6.45) is 0. The second-order valence-corrected chi connectivity index (χ2v) is 13.1. The number of nitrogens with zero attached hydrogens (tertiary/aromatic N) is 4. The summed E-state index contributed by atoms with van der Waals surface area (Å²) in [5.41, 5.74) is 9.89. The Morgan fingerprint density at radius 3 is 1.33 bits per heavy atom. The highest BCUT2D eigenvalue weighted by Gasteiger charge is 2.17. The van der Waals surface area contributed by atoms with E-state index < -0.39 is 0 Å². The summed E-state index contributed by atoms with van der Waals surface area (Å²) in [4.78, 5) is 19.9. The molecule has 6 heteroatoms. The molecule has 4 aromatic heterocycles. The summed E-state index contributed by atoms with van der Waals surface area (Å²) < 4.78 is 12.6. The fourth-order valence-corrected chi connectivity index (χ4v) is 6.81. The quantitative estimate of drug-likeness (QED) is 0.165. The van der Waals surface area contributed by atoms with E-state index >= 15 is 0 Å². The lowest BCUT2D eigenvalue weighted by atomic mass is 9.98. The van der Waals surface area contributed by atoms with Gasteiger partial charge in [0.15, 0.2) is 23.2 Å². The Kier molecular flexibility index (Phi) is 7.69. The SMILES string of the molecule is c1ccc(-c2nc(-c3ccccc3)nc(-c3cccc(-c4cccc(-c5cc(-c6cc7ccccc7o6)cc(-c6cc7ccccc7o6)n5)c4)c3)n2)cc1. The zero-order chi connectivity index (χ0) is 35.8. The third-order valence-corrected chi connectivity index (χ3v) is 9.53. The second kappa shape index (κ2) is 13.3. The van der Waals surface area contributed by atoms with Gasteiger partial charge in [0, 0.05) is 38.6 Å². The van der Waals surface area contributed by atoms with Gasteiger partial charge in [0.25, 0.3) is 0 Å². The maximum atomic E-state index is 6.34. The first-order valence-corrected chi connectivity index (χ1v) is 17.8. The van der Waals surface area contributed by atoms with Crippen LogP contribution in [0.15, 0.2) is 191 Å². The zero-order valence-electron chi connectivity index (χ0n) is 28.9. The van der Waals surface area contributed by atoms with Crippen molar-refractivity contribution in [2.24, 2.45) is 0 Å². The highest BCUT2D eigenvalue weighted by molar-refractivity contribution is 5.87. The fraction of sp³-hybridized carbons (Fsp3) is 0. The van der Waals surface area contributed by atoms with Gasteiger partial charge in [-0.1, -0.05) is 133 Å². The van der Waals surface area contributed by atoms with Crippen LogP contribution in [0.4, 0.5) is 0 Å². The van der Waals surface area contributed by atoms with Crippen molar-refractivity contribution < 1.29 is 8.83 Å². The molecule has 254 valence electrons. The van der Waals surface area contributed by atoms with Crippen LogP contribution >= 0.6 is 0 Å². The van der Waals surface area contributed by atoms with Crippen LogP contribution in [0, 0.1) is 0 Å². The smallest absolute Gasteiger partial charge is 0.164 e. The van der Waals surface area contributed by atoms with Crippen molar-refractivity contribution in [1.29, 1.82) is 0 Å². The van der Waals surface area contributed by atoms with Crippen molar-refractivity contribution in [2.75, 3.05) is 0 Å². The molecule has 0 fully saturated rings. The van der Waals surface area contributed by atoms with Gasteiger partial charge in [-0.3, -0.25) is 0 Å². The third-order valence-electron chi connectivity index (χ3n) is 9.53. The lowest BCUT2D eigenvalue weighted by Crippen LogP contribution is -2.00. The van der Waals surface area contributed by atoms with Crippen LogP contribution < -0.4 is 0 Å². The molecule has 0 saturated carbocycles. The van der Waals surface area contributed by atoms with E-state index in [2.05, 4.69) is 54.6 Å². The molecule has 0 saturated heterocycles. The molecule has 0 atom stereocenters. The van der Waals surface area contributed by atoms with E-state index in [-0.39, 0.29) is 0 Å². The standard InChI is InChI=1S/C48H30N4O2/c1-3-13-31(14-4-1)46-50-47(32-15-5-2-6-16-32)52-48(51-46)38-22-12-20-34(26-38)33-19-11-21-35(25-33)40-27-39(44-29-36-17-7-9-23-42(36)53-44)28-41(49-40)45-30-37-18-8-10-24-43(37)54-45/h1-30H. The number of rotatable bonds is 7. The van der Waals surface area contributed by atoms with E-state index in [9.17, 15) is 0 Å². The van der Waals surface area contributed by atoms with E-state index in [4.69, 9.17) is 28.8 Å². The molecule has 0 bridgehead atoms. The molecule has 0 aliphatic carbocycles. The average molecular weight is 695 g/mol. The van der Waals surface area contributed by atoms with E-state index in [1.165, 1.54) is 0 Å². The molecule has 0 amide bonds. The van der Waals surface area contributed by atoms with Crippen molar-refractivity contribution in [1.82, 2.24) is 19.9 Å². The van der Waals surface area contributed by atoms with Gasteiger partial charge in [0.1, 0.15) is 22.6 Å². The Morgan fingerprint density at radius 1 is 0.278 bits per heavy atom. The van der Waals surface area contributed by atoms with E-state index in [1.54, 1.807) is 0 Å². The molecule has 4 heterocycles. The predicted octanol–water partition coefficient (Wildman–Crippen LogP) is 12.4. The van der Waals surface area contributed by atoms with Crippen LogP contribution in [0.25, 0.3) is 101 Å². The first-order chi connectivity index (χ1) is 26.7. The van der Waals surface area contributed by atoms with Gasteiger partial charge in [0.2, 0.25) is 0 Å². The molecule has 54 heavy (non-hydrogen) atoms. The average Bonchev–Trinajstić information content (AvgIpc) is 3.90. The fourth-order valence-electron chi connectivity index (χ4n) is 6.81. The van der Waals surface area contributed by atoms with Gasteiger partial charge in [0.05, 0.1) is 5.69 Å². The number of hydrogen-bond acceptors (Lipinski definition) is 6. The summed E-state index contributed by atoms with van der Waals surface area (Å²) in [6.45, 7) is 0. The van der Waals surface area contributed by atoms with Crippen molar-refractivity contribution in [3.63, 3.8) is 0 Å². The maximum Gasteiger partial charge on any atom is 0.164 e. The van der Waals surface area contributed by atoms with Gasteiger partial charge in [-0.15, -0.1) is 0 Å². The number of fused-ring (bicyclic) bond motifs is 2. The summed E-state index contributed by atoms with van der Waals surface area (Å²) in [7, 11) is 0. The number of furan rings is 2. The molecule has 6 nitrogen and oxygen atoms in total. The lowest BCUT2D eigenvalue weighted by Gasteiger charge is -2.11. The summed E-state index contributed by atoms with van der Waals surface area (Å²) >= 11 is 0. The van der Waals surface area contributed by atoms with Crippen LogP contribution in [0.3, 0.4) is 0 Å². The molecule has 10 aromatic rings. The van der Waals surface area contributed by atoms with Crippen LogP contribution in [0.2, 0.25) is 0 Å². The second-order valence-electron chi connectivity index (χ2n) is 13.1. The minimum absolute atomic E-state index is 0.608. The highest BCUT2D eigenvalue weighted by Crippen LogP contribution is 2.36. The monoisotopic (exact) mass is 694 g/mol. The van der Waals surface area contributed by atoms with Crippen LogP contribution in [-0.2, 0) is 0 Å². The number of para-hydroxylation sites is 2. The zero-order valence-corrected chi connectivity index (χ0v) is 28.9. The van der Waals surface area contributed by atoms with E-state index in [1.807, 2.05) is 127 Å². The normalized spacial score (nSPS) is 11.3.